The Morgan fingerprint density at radius 3 is 2.53 bits per heavy atom. The van der Waals surface area contributed by atoms with Crippen LogP contribution in [0, 0.1) is 5.92 Å². The number of hydrogen-bond donors (Lipinski definition) is 2. The van der Waals surface area contributed by atoms with E-state index in [1.807, 2.05) is 19.9 Å². The molecule has 0 saturated carbocycles. The summed E-state index contributed by atoms with van der Waals surface area (Å²) in [4.78, 5) is 10.7. The molecule has 0 aliphatic rings. The van der Waals surface area contributed by atoms with Gasteiger partial charge in [-0.05, 0) is 29.5 Å². The van der Waals surface area contributed by atoms with Crippen molar-refractivity contribution >= 4 is 5.97 Å². The summed E-state index contributed by atoms with van der Waals surface area (Å²) < 4.78 is 0. The van der Waals surface area contributed by atoms with E-state index in [4.69, 9.17) is 5.11 Å². The van der Waals surface area contributed by atoms with Gasteiger partial charge in [0.2, 0.25) is 0 Å². The molecule has 1 atom stereocenters. The molecule has 0 aromatic heterocycles. The van der Waals surface area contributed by atoms with Gasteiger partial charge in [0.05, 0.1) is 6.42 Å². The van der Waals surface area contributed by atoms with Crippen LogP contribution in [0.2, 0.25) is 0 Å². The highest BCUT2D eigenvalue weighted by Gasteiger charge is 2.19. The van der Waals surface area contributed by atoms with Crippen molar-refractivity contribution in [3.05, 3.63) is 29.8 Å². The summed E-state index contributed by atoms with van der Waals surface area (Å²) in [7, 11) is 0. The maximum Gasteiger partial charge on any atom is 0.303 e. The molecule has 1 unspecified atom stereocenters. The van der Waals surface area contributed by atoms with Gasteiger partial charge in [-0.3, -0.25) is 4.79 Å². The van der Waals surface area contributed by atoms with Crippen molar-refractivity contribution in [3.8, 4) is 5.75 Å². The van der Waals surface area contributed by atoms with E-state index in [0.29, 0.717) is 0 Å². The van der Waals surface area contributed by atoms with Gasteiger partial charge in [-0.15, -0.1) is 0 Å². The molecular weight excluding hydrogens is 192 g/mol. The van der Waals surface area contributed by atoms with Crippen molar-refractivity contribution in [2.45, 2.75) is 26.2 Å². The van der Waals surface area contributed by atoms with Crippen LogP contribution in [-0.4, -0.2) is 16.2 Å². The molecule has 0 heterocycles. The molecule has 0 bridgehead atoms. The monoisotopic (exact) mass is 208 g/mol. The maximum atomic E-state index is 10.7. The third-order valence-electron chi connectivity index (χ3n) is 2.50. The van der Waals surface area contributed by atoms with Crippen molar-refractivity contribution in [1.82, 2.24) is 0 Å². The molecule has 0 fully saturated rings. The number of phenolic OH excluding ortho intramolecular Hbond substituents is 1. The van der Waals surface area contributed by atoms with E-state index < -0.39 is 5.97 Å². The van der Waals surface area contributed by atoms with Gasteiger partial charge in [0.1, 0.15) is 5.75 Å². The molecule has 1 aromatic rings. The number of rotatable bonds is 4. The van der Waals surface area contributed by atoms with E-state index in [1.165, 1.54) is 0 Å². The van der Waals surface area contributed by atoms with Crippen molar-refractivity contribution in [3.63, 3.8) is 0 Å². The Kier molecular flexibility index (Phi) is 3.72. The van der Waals surface area contributed by atoms with Crippen LogP contribution in [0.4, 0.5) is 0 Å². The zero-order valence-electron chi connectivity index (χ0n) is 8.97. The Morgan fingerprint density at radius 2 is 2.07 bits per heavy atom. The molecular formula is C12H16O3. The first kappa shape index (κ1) is 11.6. The molecule has 0 saturated heterocycles. The molecule has 82 valence electrons. The molecule has 0 spiro atoms. The minimum absolute atomic E-state index is 0.0467. The number of aromatic hydroxyl groups is 1. The van der Waals surface area contributed by atoms with Crippen LogP contribution in [0.15, 0.2) is 24.3 Å². The number of hydrogen-bond acceptors (Lipinski definition) is 2. The number of aliphatic carboxylic acids is 1. The van der Waals surface area contributed by atoms with Crippen LogP contribution in [0.5, 0.6) is 5.75 Å². The summed E-state index contributed by atoms with van der Waals surface area (Å²) in [6.45, 7) is 3.97. The molecule has 3 nitrogen and oxygen atoms in total. The molecule has 0 aliphatic heterocycles. The standard InChI is InChI=1S/C12H16O3/c1-8(2)11(7-12(14)15)9-4-3-5-10(13)6-9/h3-6,8,11,13H,7H2,1-2H3,(H,14,15). The quantitative estimate of drug-likeness (QED) is 0.799. The second-order valence-corrected chi connectivity index (χ2v) is 4.04. The molecule has 15 heavy (non-hydrogen) atoms. The Morgan fingerprint density at radius 1 is 1.40 bits per heavy atom. The summed E-state index contributed by atoms with van der Waals surface area (Å²) in [5.74, 6) is -0.432. The van der Waals surface area contributed by atoms with Crippen LogP contribution >= 0.6 is 0 Å². The normalized spacial score (nSPS) is 12.7. The second-order valence-electron chi connectivity index (χ2n) is 4.04. The van der Waals surface area contributed by atoms with E-state index in [0.717, 1.165) is 5.56 Å². The van der Waals surface area contributed by atoms with Crippen molar-refractivity contribution < 1.29 is 15.0 Å². The SMILES string of the molecule is CC(C)C(CC(=O)O)c1cccc(O)c1. The molecule has 1 rings (SSSR count). The zero-order chi connectivity index (χ0) is 11.4. The Hall–Kier alpha value is -1.51. The van der Waals surface area contributed by atoms with E-state index in [9.17, 15) is 9.90 Å². The zero-order valence-corrected chi connectivity index (χ0v) is 8.97. The van der Waals surface area contributed by atoms with Crippen LogP contribution in [-0.2, 0) is 4.79 Å². The smallest absolute Gasteiger partial charge is 0.303 e. The minimum Gasteiger partial charge on any atom is -0.508 e. The fourth-order valence-corrected chi connectivity index (χ4v) is 1.68. The first-order chi connectivity index (χ1) is 7.00. The Labute approximate surface area is 89.4 Å². The van der Waals surface area contributed by atoms with E-state index >= 15 is 0 Å². The van der Waals surface area contributed by atoms with Crippen LogP contribution < -0.4 is 0 Å². The van der Waals surface area contributed by atoms with Gasteiger partial charge in [0, 0.05) is 0 Å². The number of phenols is 1. The minimum atomic E-state index is -0.808. The number of benzene rings is 1. The first-order valence-corrected chi connectivity index (χ1v) is 5.01. The molecule has 0 amide bonds. The van der Waals surface area contributed by atoms with Crippen molar-refractivity contribution in [2.75, 3.05) is 0 Å². The Bertz CT molecular complexity index is 344. The molecule has 2 N–H and O–H groups in total. The van der Waals surface area contributed by atoms with Gasteiger partial charge in [0.15, 0.2) is 0 Å². The fraction of sp³-hybridized carbons (Fsp3) is 0.417. The highest BCUT2D eigenvalue weighted by molar-refractivity contribution is 5.68. The van der Waals surface area contributed by atoms with E-state index in [2.05, 4.69) is 0 Å². The third-order valence-corrected chi connectivity index (χ3v) is 2.50. The molecule has 3 heteroatoms. The fourth-order valence-electron chi connectivity index (χ4n) is 1.68. The predicted molar refractivity (Wildman–Crippen MR) is 57.9 cm³/mol. The van der Waals surface area contributed by atoms with Crippen molar-refractivity contribution in [2.24, 2.45) is 5.92 Å². The van der Waals surface area contributed by atoms with E-state index in [1.54, 1.807) is 18.2 Å². The summed E-state index contributed by atoms with van der Waals surface area (Å²) in [5.41, 5.74) is 0.882. The maximum absolute atomic E-state index is 10.7. The summed E-state index contributed by atoms with van der Waals surface area (Å²) in [6.07, 6.45) is 0.0983. The van der Waals surface area contributed by atoms with Crippen LogP contribution in [0.1, 0.15) is 31.7 Å². The van der Waals surface area contributed by atoms with Gasteiger partial charge in [0.25, 0.3) is 0 Å². The number of carbonyl (C=O) groups is 1. The predicted octanol–water partition coefficient (Wildman–Crippen LogP) is 2.61. The number of carboxylic acid groups (broad SMARTS) is 1. The largest absolute Gasteiger partial charge is 0.508 e. The lowest BCUT2D eigenvalue weighted by Crippen LogP contribution is -2.12. The Balaban J connectivity index is 2.93. The highest BCUT2D eigenvalue weighted by atomic mass is 16.4. The van der Waals surface area contributed by atoms with Gasteiger partial charge in [-0.1, -0.05) is 26.0 Å². The van der Waals surface area contributed by atoms with E-state index in [-0.39, 0.29) is 24.0 Å². The lowest BCUT2D eigenvalue weighted by molar-refractivity contribution is -0.137. The summed E-state index contributed by atoms with van der Waals surface area (Å²) in [5, 5.41) is 18.1. The molecule has 0 aliphatic carbocycles. The average molecular weight is 208 g/mol. The lowest BCUT2D eigenvalue weighted by atomic mass is 9.86. The lowest BCUT2D eigenvalue weighted by Gasteiger charge is -2.19. The van der Waals surface area contributed by atoms with Crippen molar-refractivity contribution in [1.29, 1.82) is 0 Å². The second kappa shape index (κ2) is 4.82. The topological polar surface area (TPSA) is 57.5 Å². The van der Waals surface area contributed by atoms with Gasteiger partial charge < -0.3 is 10.2 Å². The highest BCUT2D eigenvalue weighted by Crippen LogP contribution is 2.29. The molecule has 1 aromatic carbocycles. The van der Waals surface area contributed by atoms with Gasteiger partial charge in [-0.25, -0.2) is 0 Å². The number of carboxylic acids is 1. The average Bonchev–Trinajstić information content (AvgIpc) is 2.13. The summed E-state index contributed by atoms with van der Waals surface area (Å²) >= 11 is 0. The third kappa shape index (κ3) is 3.27. The van der Waals surface area contributed by atoms with Crippen LogP contribution in [0.3, 0.4) is 0 Å². The van der Waals surface area contributed by atoms with Crippen LogP contribution in [0.25, 0.3) is 0 Å². The first-order valence-electron chi connectivity index (χ1n) is 5.01. The van der Waals surface area contributed by atoms with Gasteiger partial charge >= 0.3 is 5.97 Å². The van der Waals surface area contributed by atoms with Gasteiger partial charge in [-0.2, -0.15) is 0 Å². The summed E-state index contributed by atoms with van der Waals surface area (Å²) in [6, 6.07) is 6.81. The molecule has 0 radical (unpaired) electrons.